The van der Waals surface area contributed by atoms with Gasteiger partial charge >= 0.3 is 42.4 Å². The molecule has 0 heterocycles. The fourth-order valence-corrected chi connectivity index (χ4v) is 2.69. The first kappa shape index (κ1) is 35.0. The quantitative estimate of drug-likeness (QED) is 0.135. The molecule has 0 aromatic heterocycles. The molecule has 0 fully saturated rings. The van der Waals surface area contributed by atoms with E-state index in [0.717, 1.165) is 0 Å². The van der Waals surface area contributed by atoms with Crippen LogP contribution >= 0.6 is 0 Å². The van der Waals surface area contributed by atoms with E-state index in [1.165, 1.54) is 0 Å². The molecular weight excluding hydrogens is 630 g/mol. The molecule has 2 aromatic rings. The monoisotopic (exact) mass is 644 g/mol. The predicted molar refractivity (Wildman–Crippen MR) is 127 cm³/mol. The van der Waals surface area contributed by atoms with E-state index in [2.05, 4.69) is 40.5 Å². The van der Waals surface area contributed by atoms with Crippen molar-refractivity contribution in [3.63, 3.8) is 0 Å². The van der Waals surface area contributed by atoms with E-state index in [1.807, 2.05) is 0 Å². The van der Waals surface area contributed by atoms with Crippen molar-refractivity contribution in [3.05, 3.63) is 72.9 Å². The maximum absolute atomic E-state index is 13.0. The van der Waals surface area contributed by atoms with Gasteiger partial charge in [-0.25, -0.2) is 23.6 Å². The zero-order chi connectivity index (χ0) is 33.9. The van der Waals surface area contributed by atoms with Gasteiger partial charge in [0.25, 0.3) is 0 Å². The molecule has 0 saturated carbocycles. The maximum atomic E-state index is 13.0. The van der Waals surface area contributed by atoms with Crippen LogP contribution in [0.2, 0.25) is 0 Å². The van der Waals surface area contributed by atoms with Crippen molar-refractivity contribution in [2.45, 2.75) is 18.5 Å². The first-order valence-electron chi connectivity index (χ1n) is 11.0. The van der Waals surface area contributed by atoms with E-state index in [1.54, 1.807) is 0 Å². The fraction of sp³-hybridized carbons (Fsp3) is 0.154. The van der Waals surface area contributed by atoms with Gasteiger partial charge in [-0.2, -0.15) is 39.5 Å². The van der Waals surface area contributed by atoms with Crippen LogP contribution in [0.3, 0.4) is 0 Å². The van der Waals surface area contributed by atoms with Crippen molar-refractivity contribution >= 4 is 34.6 Å². The van der Waals surface area contributed by atoms with Crippen LogP contribution in [0.15, 0.2) is 72.9 Å². The van der Waals surface area contributed by atoms with E-state index in [0.29, 0.717) is 24.3 Å². The van der Waals surface area contributed by atoms with Crippen LogP contribution in [-0.4, -0.2) is 49.1 Å². The van der Waals surface area contributed by atoms with Crippen LogP contribution in [0.25, 0.3) is 10.8 Å². The number of esters is 4. The molecule has 2 aromatic carbocycles. The van der Waals surface area contributed by atoms with E-state index < -0.39 is 105 Å². The molecule has 0 amide bonds. The summed E-state index contributed by atoms with van der Waals surface area (Å²) in [6.07, 6.45) is -16.1. The summed E-state index contributed by atoms with van der Waals surface area (Å²) >= 11 is 0. The minimum absolute atomic E-state index is 0.371. The van der Waals surface area contributed by atoms with Crippen LogP contribution in [0.5, 0.6) is 23.0 Å². The summed E-state index contributed by atoms with van der Waals surface area (Å²) in [5.41, 5.74) is -7.17. The summed E-state index contributed by atoms with van der Waals surface area (Å²) in [6, 6.07) is 2.15. The highest BCUT2D eigenvalue weighted by molar-refractivity contribution is 6.02. The Bertz CT molecular complexity index is 1600. The van der Waals surface area contributed by atoms with Gasteiger partial charge in [0, 0.05) is 10.8 Å². The second-order valence-corrected chi connectivity index (χ2v) is 8.13. The van der Waals surface area contributed by atoms with Crippen LogP contribution in [-0.2, 0) is 19.2 Å². The summed E-state index contributed by atoms with van der Waals surface area (Å²) < 4.78 is 148. The molecule has 0 aliphatic heterocycles. The maximum Gasteiger partial charge on any atom is 0.422 e. The third kappa shape index (κ3) is 8.23. The number of carbonyl (C=O) groups excluding carboxylic acids is 4. The van der Waals surface area contributed by atoms with Crippen LogP contribution in [0.1, 0.15) is 0 Å². The summed E-state index contributed by atoms with van der Waals surface area (Å²) in [7, 11) is 0. The molecule has 0 N–H and O–H groups in total. The highest BCUT2D eigenvalue weighted by Gasteiger charge is 2.41. The average Bonchev–Trinajstić information content (AvgIpc) is 2.91. The highest BCUT2D eigenvalue weighted by Crippen LogP contribution is 2.43. The SMILES string of the molecule is C=C(CF)C(=O)Oc1ccc(OC(=O)C(=C)C(F)(F)F)c2cc(OC(=O)C(=C)C(F)(F)F)c(OC(=O)C(=C)C(F)(F)F)cc12. The van der Waals surface area contributed by atoms with E-state index in [9.17, 15) is 63.1 Å². The van der Waals surface area contributed by atoms with Gasteiger partial charge in [-0.15, -0.1) is 0 Å². The third-order valence-corrected chi connectivity index (χ3v) is 5.03. The number of ether oxygens (including phenoxy) is 4. The number of benzene rings is 2. The Balaban J connectivity index is 2.88. The van der Waals surface area contributed by atoms with Gasteiger partial charge < -0.3 is 18.9 Å². The molecule has 8 nitrogen and oxygen atoms in total. The molecule has 236 valence electrons. The molecule has 0 saturated heterocycles. The van der Waals surface area contributed by atoms with E-state index in [4.69, 9.17) is 4.74 Å². The lowest BCUT2D eigenvalue weighted by molar-refractivity contribution is -0.145. The Hall–Kier alpha value is -5.16. The molecule has 0 atom stereocenters. The van der Waals surface area contributed by atoms with Gasteiger partial charge in [0.1, 0.15) is 34.9 Å². The minimum atomic E-state index is -5.41. The molecule has 0 spiro atoms. The van der Waals surface area contributed by atoms with Gasteiger partial charge in [-0.3, -0.25) is 0 Å². The van der Waals surface area contributed by atoms with Crippen molar-refractivity contribution in [3.8, 4) is 23.0 Å². The largest absolute Gasteiger partial charge is 0.422 e. The first-order chi connectivity index (χ1) is 20.0. The second-order valence-electron chi connectivity index (χ2n) is 8.13. The lowest BCUT2D eigenvalue weighted by atomic mass is 10.1. The van der Waals surface area contributed by atoms with Crippen LogP contribution in [0, 0.1) is 0 Å². The molecule has 0 unspecified atom stereocenters. The van der Waals surface area contributed by atoms with Gasteiger partial charge in [-0.1, -0.05) is 26.3 Å². The summed E-state index contributed by atoms with van der Waals surface area (Å²) in [4.78, 5) is 48.3. The van der Waals surface area contributed by atoms with E-state index in [-0.39, 0.29) is 0 Å². The second kappa shape index (κ2) is 12.6. The van der Waals surface area contributed by atoms with Gasteiger partial charge in [0.2, 0.25) is 0 Å². The lowest BCUT2D eigenvalue weighted by Gasteiger charge is -2.18. The zero-order valence-electron chi connectivity index (χ0n) is 21.4. The Kier molecular flexibility index (Phi) is 10.0. The number of carbonyl (C=O) groups is 4. The van der Waals surface area contributed by atoms with Crippen LogP contribution < -0.4 is 18.9 Å². The number of rotatable bonds is 9. The molecule has 0 aliphatic carbocycles. The smallest absolute Gasteiger partial charge is 0.422 e. The number of halogens is 10. The zero-order valence-corrected chi connectivity index (χ0v) is 21.4. The molecule has 18 heteroatoms. The Morgan fingerprint density at radius 3 is 1.07 bits per heavy atom. The topological polar surface area (TPSA) is 105 Å². The standard InChI is InChI=1S/C26H14F10O8/c1-10(9-27)20(37)41-16-5-6-17(42-21(38)11(2)24(28,29)30)15-8-19(44-23(40)13(4)26(34,35)36)18(7-14(15)16)43-22(39)12(3)25(31,32)33/h5-8H,1-4,9H2. The molecule has 0 bridgehead atoms. The lowest BCUT2D eigenvalue weighted by Crippen LogP contribution is -2.25. The Morgan fingerprint density at radius 1 is 0.523 bits per heavy atom. The van der Waals surface area contributed by atoms with E-state index >= 15 is 0 Å². The summed E-state index contributed by atoms with van der Waals surface area (Å²) in [6.45, 7) is 9.03. The van der Waals surface area contributed by atoms with Crippen molar-refractivity contribution < 1.29 is 82.0 Å². The normalized spacial score (nSPS) is 11.8. The summed E-state index contributed by atoms with van der Waals surface area (Å²) in [5.74, 6) is -12.4. The van der Waals surface area contributed by atoms with Gasteiger partial charge in [-0.05, 0) is 24.3 Å². The Morgan fingerprint density at radius 2 is 0.795 bits per heavy atom. The van der Waals surface area contributed by atoms with Crippen molar-refractivity contribution in [2.24, 2.45) is 0 Å². The molecule has 0 radical (unpaired) electrons. The molecule has 0 aliphatic rings. The number of hydrogen-bond donors (Lipinski definition) is 0. The minimum Gasteiger partial charge on any atom is -0.422 e. The molecule has 2 rings (SSSR count). The summed E-state index contributed by atoms with van der Waals surface area (Å²) in [5, 5.41) is -1.41. The number of fused-ring (bicyclic) bond motifs is 1. The fourth-order valence-electron chi connectivity index (χ4n) is 2.69. The number of alkyl halides is 10. The molecule has 44 heavy (non-hydrogen) atoms. The van der Waals surface area contributed by atoms with Crippen molar-refractivity contribution in [2.75, 3.05) is 6.67 Å². The Labute approximate surface area is 238 Å². The first-order valence-corrected chi connectivity index (χ1v) is 11.0. The predicted octanol–water partition coefficient (Wildman–Crippen LogP) is 6.34. The van der Waals surface area contributed by atoms with Crippen LogP contribution in [0.4, 0.5) is 43.9 Å². The number of hydrogen-bond acceptors (Lipinski definition) is 8. The van der Waals surface area contributed by atoms with Gasteiger partial charge in [0.15, 0.2) is 11.5 Å². The van der Waals surface area contributed by atoms with Crippen molar-refractivity contribution in [1.82, 2.24) is 0 Å². The van der Waals surface area contributed by atoms with Gasteiger partial charge in [0.05, 0.1) is 5.57 Å². The van der Waals surface area contributed by atoms with Crippen molar-refractivity contribution in [1.29, 1.82) is 0 Å². The third-order valence-electron chi connectivity index (χ3n) is 5.03. The highest BCUT2D eigenvalue weighted by atomic mass is 19.4. The molecular formula is C26H14F10O8. The average molecular weight is 644 g/mol.